The number of carbonyl (C=O) groups is 1. The van der Waals surface area contributed by atoms with Crippen molar-refractivity contribution < 1.29 is 9.53 Å². The fourth-order valence-corrected chi connectivity index (χ4v) is 2.43. The standard InChI is InChI=1S/C15H22N4O4/c1-6-9(3)8-18-12-11(13(20)17(5)14(18)21)19(10(4)16-12)15(22)23-7-2/h9H,6-8H2,1-5H3. The van der Waals surface area contributed by atoms with Crippen molar-refractivity contribution in [1.29, 1.82) is 0 Å². The third-order valence-corrected chi connectivity index (χ3v) is 3.95. The normalized spacial score (nSPS) is 12.6. The SMILES string of the molecule is CCOC(=O)n1c(C)nc2c1c(=O)n(C)c(=O)n2CC(C)CC. The number of ether oxygens (including phenoxy) is 1. The van der Waals surface area contributed by atoms with E-state index in [1.807, 2.05) is 13.8 Å². The molecule has 0 N–H and O–H groups in total. The number of rotatable bonds is 4. The van der Waals surface area contributed by atoms with Crippen LogP contribution in [0.15, 0.2) is 9.59 Å². The molecule has 0 bridgehead atoms. The molecule has 0 radical (unpaired) electrons. The highest BCUT2D eigenvalue weighted by atomic mass is 16.5. The van der Waals surface area contributed by atoms with Gasteiger partial charge in [0.1, 0.15) is 5.82 Å². The molecular formula is C15H22N4O4. The number of nitrogens with zero attached hydrogens (tertiary/aromatic N) is 4. The lowest BCUT2D eigenvalue weighted by molar-refractivity contribution is 0.154. The van der Waals surface area contributed by atoms with Crippen molar-refractivity contribution >= 4 is 17.3 Å². The van der Waals surface area contributed by atoms with Crippen LogP contribution in [-0.2, 0) is 18.3 Å². The summed E-state index contributed by atoms with van der Waals surface area (Å²) in [6, 6.07) is 0. The molecule has 126 valence electrons. The van der Waals surface area contributed by atoms with Crippen molar-refractivity contribution in [2.24, 2.45) is 13.0 Å². The van der Waals surface area contributed by atoms with Gasteiger partial charge in [0, 0.05) is 13.6 Å². The number of hydrogen-bond donors (Lipinski definition) is 0. The van der Waals surface area contributed by atoms with Crippen LogP contribution < -0.4 is 11.2 Å². The Bertz CT molecular complexity index is 859. The summed E-state index contributed by atoms with van der Waals surface area (Å²) in [5.74, 6) is 0.556. The van der Waals surface area contributed by atoms with E-state index in [4.69, 9.17) is 4.74 Å². The number of aryl methyl sites for hydroxylation is 1. The molecule has 2 rings (SSSR count). The van der Waals surface area contributed by atoms with E-state index in [1.54, 1.807) is 13.8 Å². The highest BCUT2D eigenvalue weighted by molar-refractivity contribution is 5.85. The van der Waals surface area contributed by atoms with Gasteiger partial charge in [-0.25, -0.2) is 19.1 Å². The largest absolute Gasteiger partial charge is 0.449 e. The van der Waals surface area contributed by atoms with Crippen LogP contribution in [0, 0.1) is 12.8 Å². The van der Waals surface area contributed by atoms with Crippen molar-refractivity contribution in [3.63, 3.8) is 0 Å². The molecule has 2 aromatic rings. The third-order valence-electron chi connectivity index (χ3n) is 3.95. The Morgan fingerprint density at radius 2 is 1.96 bits per heavy atom. The molecule has 0 aliphatic carbocycles. The molecule has 1 atom stereocenters. The summed E-state index contributed by atoms with van der Waals surface area (Å²) in [5.41, 5.74) is -0.689. The van der Waals surface area contributed by atoms with Crippen LogP contribution in [0.4, 0.5) is 4.79 Å². The van der Waals surface area contributed by atoms with Crippen LogP contribution >= 0.6 is 0 Å². The third kappa shape index (κ3) is 2.80. The first-order chi connectivity index (χ1) is 10.8. The molecule has 0 saturated carbocycles. The Morgan fingerprint density at radius 1 is 1.30 bits per heavy atom. The highest BCUT2D eigenvalue weighted by Gasteiger charge is 2.23. The van der Waals surface area contributed by atoms with Crippen LogP contribution in [0.3, 0.4) is 0 Å². The van der Waals surface area contributed by atoms with Gasteiger partial charge in [-0.05, 0) is 19.8 Å². The lowest BCUT2D eigenvalue weighted by atomic mass is 10.1. The number of hydrogen-bond acceptors (Lipinski definition) is 5. The number of aromatic nitrogens is 4. The average Bonchev–Trinajstić information content (AvgIpc) is 2.86. The van der Waals surface area contributed by atoms with Crippen LogP contribution in [-0.4, -0.2) is 31.4 Å². The van der Waals surface area contributed by atoms with Crippen LogP contribution in [0.2, 0.25) is 0 Å². The van der Waals surface area contributed by atoms with Gasteiger partial charge >= 0.3 is 11.8 Å². The minimum absolute atomic E-state index is 0.0753. The van der Waals surface area contributed by atoms with Gasteiger partial charge < -0.3 is 4.74 Å². The molecule has 0 aliphatic rings. The second-order valence-electron chi connectivity index (χ2n) is 5.64. The summed E-state index contributed by atoms with van der Waals surface area (Å²) in [7, 11) is 1.40. The Kier molecular flexibility index (Phi) is 4.72. The number of imidazole rings is 1. The zero-order valence-corrected chi connectivity index (χ0v) is 14.1. The van der Waals surface area contributed by atoms with E-state index in [1.165, 1.54) is 11.6 Å². The fraction of sp³-hybridized carbons (Fsp3) is 0.600. The summed E-state index contributed by atoms with van der Waals surface area (Å²) in [6.45, 7) is 7.94. The first-order valence-corrected chi connectivity index (χ1v) is 7.69. The number of carbonyl (C=O) groups excluding carboxylic acids is 1. The maximum atomic E-state index is 12.5. The fourth-order valence-electron chi connectivity index (χ4n) is 2.43. The molecule has 8 nitrogen and oxygen atoms in total. The molecule has 8 heteroatoms. The Labute approximate surface area is 133 Å². The van der Waals surface area contributed by atoms with Crippen molar-refractivity contribution in [2.75, 3.05) is 6.61 Å². The van der Waals surface area contributed by atoms with Crippen molar-refractivity contribution in [3.05, 3.63) is 26.7 Å². The molecule has 0 saturated heterocycles. The second-order valence-corrected chi connectivity index (χ2v) is 5.64. The summed E-state index contributed by atoms with van der Waals surface area (Å²) < 4.78 is 8.58. The summed E-state index contributed by atoms with van der Waals surface area (Å²) in [6.07, 6.45) is 0.215. The maximum absolute atomic E-state index is 12.5. The van der Waals surface area contributed by atoms with Gasteiger partial charge in [0.05, 0.1) is 6.61 Å². The number of fused-ring (bicyclic) bond motifs is 1. The van der Waals surface area contributed by atoms with Gasteiger partial charge in [-0.3, -0.25) is 13.9 Å². The van der Waals surface area contributed by atoms with Gasteiger partial charge in [0.15, 0.2) is 11.2 Å². The molecule has 0 spiro atoms. The van der Waals surface area contributed by atoms with Gasteiger partial charge in [0.2, 0.25) is 0 Å². The van der Waals surface area contributed by atoms with E-state index in [0.717, 1.165) is 15.6 Å². The van der Waals surface area contributed by atoms with E-state index in [9.17, 15) is 14.4 Å². The van der Waals surface area contributed by atoms with E-state index in [2.05, 4.69) is 4.98 Å². The van der Waals surface area contributed by atoms with Crippen LogP contribution in [0.25, 0.3) is 11.2 Å². The quantitative estimate of drug-likeness (QED) is 0.845. The molecule has 23 heavy (non-hydrogen) atoms. The maximum Gasteiger partial charge on any atom is 0.420 e. The second kappa shape index (κ2) is 6.39. The highest BCUT2D eigenvalue weighted by Crippen LogP contribution is 2.14. The first kappa shape index (κ1) is 17.0. The first-order valence-electron chi connectivity index (χ1n) is 7.69. The summed E-state index contributed by atoms with van der Waals surface area (Å²) in [5, 5.41) is 0. The molecule has 1 unspecified atom stereocenters. The molecular weight excluding hydrogens is 300 g/mol. The monoisotopic (exact) mass is 322 g/mol. The van der Waals surface area contributed by atoms with Gasteiger partial charge in [-0.1, -0.05) is 20.3 Å². The minimum atomic E-state index is -0.668. The zero-order chi connectivity index (χ0) is 17.3. The van der Waals surface area contributed by atoms with Crippen molar-refractivity contribution in [2.45, 2.75) is 40.7 Å². The van der Waals surface area contributed by atoms with Crippen molar-refractivity contribution in [3.8, 4) is 0 Å². The molecule has 0 aromatic carbocycles. The van der Waals surface area contributed by atoms with Crippen LogP contribution in [0.1, 0.15) is 33.0 Å². The minimum Gasteiger partial charge on any atom is -0.449 e. The van der Waals surface area contributed by atoms with Crippen LogP contribution in [0.5, 0.6) is 0 Å². The summed E-state index contributed by atoms with van der Waals surface area (Å²) in [4.78, 5) is 41.3. The Hall–Kier alpha value is -2.38. The molecule has 0 fully saturated rings. The Morgan fingerprint density at radius 3 is 2.52 bits per heavy atom. The summed E-state index contributed by atoms with van der Waals surface area (Å²) >= 11 is 0. The molecule has 2 aromatic heterocycles. The van der Waals surface area contributed by atoms with E-state index >= 15 is 0 Å². The van der Waals surface area contributed by atoms with Crippen molar-refractivity contribution in [1.82, 2.24) is 18.7 Å². The lowest BCUT2D eigenvalue weighted by Crippen LogP contribution is -2.40. The van der Waals surface area contributed by atoms with E-state index in [-0.39, 0.29) is 23.7 Å². The van der Waals surface area contributed by atoms with Gasteiger partial charge in [-0.15, -0.1) is 0 Å². The zero-order valence-electron chi connectivity index (χ0n) is 14.1. The van der Waals surface area contributed by atoms with Gasteiger partial charge in [0.25, 0.3) is 5.56 Å². The topological polar surface area (TPSA) is 88.1 Å². The smallest absolute Gasteiger partial charge is 0.420 e. The Balaban J connectivity index is 2.84. The predicted octanol–water partition coefficient (Wildman–Crippen LogP) is 1.26. The van der Waals surface area contributed by atoms with E-state index in [0.29, 0.717) is 12.4 Å². The van der Waals surface area contributed by atoms with Gasteiger partial charge in [-0.2, -0.15) is 0 Å². The molecule has 0 aliphatic heterocycles. The van der Waals surface area contributed by atoms with E-state index < -0.39 is 17.3 Å². The lowest BCUT2D eigenvalue weighted by Gasteiger charge is -2.13. The average molecular weight is 322 g/mol. The molecule has 0 amide bonds. The molecule has 2 heterocycles. The predicted molar refractivity (Wildman–Crippen MR) is 85.8 cm³/mol.